The van der Waals surface area contributed by atoms with Gasteiger partial charge in [0.2, 0.25) is 5.91 Å². The summed E-state index contributed by atoms with van der Waals surface area (Å²) in [6, 6.07) is 16.3. The second kappa shape index (κ2) is 9.06. The lowest BCUT2D eigenvalue weighted by atomic mass is 10.1. The van der Waals surface area contributed by atoms with Crippen molar-refractivity contribution in [1.82, 2.24) is 10.2 Å². The first kappa shape index (κ1) is 18.7. The van der Waals surface area contributed by atoms with Crippen molar-refractivity contribution in [3.63, 3.8) is 0 Å². The van der Waals surface area contributed by atoms with Crippen molar-refractivity contribution in [2.75, 3.05) is 20.2 Å². The molecule has 1 amide bonds. The van der Waals surface area contributed by atoms with Crippen LogP contribution in [0.25, 0.3) is 0 Å². The molecule has 1 aliphatic rings. The Balaban J connectivity index is 1.46. The molecule has 2 aromatic rings. The lowest BCUT2D eigenvalue weighted by Crippen LogP contribution is -2.38. The van der Waals surface area contributed by atoms with Gasteiger partial charge in [-0.15, -0.1) is 0 Å². The van der Waals surface area contributed by atoms with Crippen LogP contribution in [0.2, 0.25) is 5.02 Å². The quantitative estimate of drug-likeness (QED) is 0.730. The summed E-state index contributed by atoms with van der Waals surface area (Å²) in [5, 5.41) is 3.76. The second-order valence-electron chi connectivity index (χ2n) is 6.71. The summed E-state index contributed by atoms with van der Waals surface area (Å²) >= 11 is 5.89. The summed E-state index contributed by atoms with van der Waals surface area (Å²) in [7, 11) is 1.67. The summed E-state index contributed by atoms with van der Waals surface area (Å²) in [5.74, 6) is 0.936. The topological polar surface area (TPSA) is 41.6 Å². The Bertz CT molecular complexity index is 712. The molecule has 0 bridgehead atoms. The number of carbonyl (C=O) groups excluding carboxylic acids is 1. The highest BCUT2D eigenvalue weighted by Crippen LogP contribution is 2.28. The Morgan fingerprint density at radius 2 is 1.77 bits per heavy atom. The SMILES string of the molecule is COc1ccc(CN(CC(=O)NCCc2ccc(Cl)cc2)C2CC2)cc1. The van der Waals surface area contributed by atoms with Gasteiger partial charge in [-0.2, -0.15) is 0 Å². The Hall–Kier alpha value is -2.04. The molecule has 0 saturated heterocycles. The minimum absolute atomic E-state index is 0.0828. The zero-order valence-electron chi connectivity index (χ0n) is 15.1. The third kappa shape index (κ3) is 5.75. The van der Waals surface area contributed by atoms with Crippen LogP contribution in [0.4, 0.5) is 0 Å². The van der Waals surface area contributed by atoms with Crippen molar-refractivity contribution in [3.8, 4) is 5.75 Å². The highest BCUT2D eigenvalue weighted by Gasteiger charge is 2.30. The van der Waals surface area contributed by atoms with Crippen LogP contribution in [0.15, 0.2) is 48.5 Å². The molecule has 1 aliphatic carbocycles. The minimum Gasteiger partial charge on any atom is -0.497 e. The first-order valence-electron chi connectivity index (χ1n) is 9.02. The largest absolute Gasteiger partial charge is 0.497 e. The van der Waals surface area contributed by atoms with Gasteiger partial charge in [-0.05, 0) is 54.7 Å². The Kier molecular flexibility index (Phi) is 6.53. The van der Waals surface area contributed by atoms with E-state index in [4.69, 9.17) is 16.3 Å². The minimum atomic E-state index is 0.0828. The number of benzene rings is 2. The van der Waals surface area contributed by atoms with Gasteiger partial charge in [0.1, 0.15) is 5.75 Å². The van der Waals surface area contributed by atoms with Crippen LogP contribution in [0.3, 0.4) is 0 Å². The Morgan fingerprint density at radius 3 is 2.38 bits per heavy atom. The monoisotopic (exact) mass is 372 g/mol. The van der Waals surface area contributed by atoms with E-state index in [0.717, 1.165) is 23.7 Å². The number of amides is 1. The molecule has 4 nitrogen and oxygen atoms in total. The third-order valence-corrected chi connectivity index (χ3v) is 4.86. The lowest BCUT2D eigenvalue weighted by molar-refractivity contribution is -0.122. The van der Waals surface area contributed by atoms with Crippen molar-refractivity contribution < 1.29 is 9.53 Å². The van der Waals surface area contributed by atoms with E-state index in [1.54, 1.807) is 7.11 Å². The molecular weight excluding hydrogens is 348 g/mol. The fourth-order valence-electron chi connectivity index (χ4n) is 2.96. The van der Waals surface area contributed by atoms with E-state index in [1.807, 2.05) is 36.4 Å². The van der Waals surface area contributed by atoms with E-state index in [1.165, 1.54) is 24.0 Å². The van der Waals surface area contributed by atoms with Crippen molar-refractivity contribution in [1.29, 1.82) is 0 Å². The molecule has 2 aromatic carbocycles. The number of carbonyl (C=O) groups is 1. The molecule has 0 unspecified atom stereocenters. The Labute approximate surface area is 160 Å². The van der Waals surface area contributed by atoms with Crippen LogP contribution < -0.4 is 10.1 Å². The zero-order chi connectivity index (χ0) is 18.4. The van der Waals surface area contributed by atoms with E-state index >= 15 is 0 Å². The van der Waals surface area contributed by atoms with Crippen LogP contribution in [0.5, 0.6) is 5.75 Å². The maximum atomic E-state index is 12.3. The van der Waals surface area contributed by atoms with Gasteiger partial charge in [0, 0.05) is 24.2 Å². The second-order valence-corrected chi connectivity index (χ2v) is 7.15. The molecule has 0 radical (unpaired) electrons. The van der Waals surface area contributed by atoms with Crippen molar-refractivity contribution in [2.24, 2.45) is 0 Å². The third-order valence-electron chi connectivity index (χ3n) is 4.60. The van der Waals surface area contributed by atoms with E-state index in [9.17, 15) is 4.79 Å². The van der Waals surface area contributed by atoms with Gasteiger partial charge in [-0.25, -0.2) is 0 Å². The van der Waals surface area contributed by atoms with E-state index in [0.29, 0.717) is 19.1 Å². The standard InChI is InChI=1S/C21H25ClN2O2/c1-26-20-10-4-17(5-11-20)14-24(19-8-9-19)15-21(25)23-13-12-16-2-6-18(22)7-3-16/h2-7,10-11,19H,8-9,12-15H2,1H3,(H,23,25). The number of nitrogens with zero attached hydrogens (tertiary/aromatic N) is 1. The fourth-order valence-corrected chi connectivity index (χ4v) is 3.08. The summed E-state index contributed by atoms with van der Waals surface area (Å²) in [6.45, 7) is 1.87. The van der Waals surface area contributed by atoms with Gasteiger partial charge in [-0.3, -0.25) is 9.69 Å². The smallest absolute Gasteiger partial charge is 0.234 e. The normalized spacial score (nSPS) is 13.7. The molecule has 26 heavy (non-hydrogen) atoms. The summed E-state index contributed by atoms with van der Waals surface area (Å²) in [5.41, 5.74) is 2.37. The van der Waals surface area contributed by atoms with Crippen molar-refractivity contribution in [3.05, 3.63) is 64.7 Å². The van der Waals surface area contributed by atoms with Crippen LogP contribution in [0.1, 0.15) is 24.0 Å². The van der Waals surface area contributed by atoms with Gasteiger partial charge in [0.05, 0.1) is 13.7 Å². The van der Waals surface area contributed by atoms with E-state index < -0.39 is 0 Å². The van der Waals surface area contributed by atoms with E-state index in [-0.39, 0.29) is 5.91 Å². The average Bonchev–Trinajstić information content (AvgIpc) is 3.49. The number of hydrogen-bond donors (Lipinski definition) is 1. The van der Waals surface area contributed by atoms with Gasteiger partial charge in [0.25, 0.3) is 0 Å². The predicted molar refractivity (Wildman–Crippen MR) is 105 cm³/mol. The number of rotatable bonds is 9. The summed E-state index contributed by atoms with van der Waals surface area (Å²) < 4.78 is 5.20. The molecular formula is C21H25ClN2O2. The van der Waals surface area contributed by atoms with Crippen LogP contribution in [-0.2, 0) is 17.8 Å². The maximum absolute atomic E-state index is 12.3. The lowest BCUT2D eigenvalue weighted by Gasteiger charge is -2.21. The molecule has 138 valence electrons. The maximum Gasteiger partial charge on any atom is 0.234 e. The molecule has 5 heteroatoms. The number of ether oxygens (including phenoxy) is 1. The molecule has 0 atom stereocenters. The number of methoxy groups -OCH3 is 1. The van der Waals surface area contributed by atoms with Gasteiger partial charge >= 0.3 is 0 Å². The first-order chi connectivity index (χ1) is 12.6. The predicted octanol–water partition coefficient (Wildman–Crippen LogP) is 3.67. The average molecular weight is 373 g/mol. The first-order valence-corrected chi connectivity index (χ1v) is 9.40. The molecule has 0 aliphatic heterocycles. The number of halogens is 1. The summed E-state index contributed by atoms with van der Waals surface area (Å²) in [4.78, 5) is 14.6. The molecule has 1 fully saturated rings. The zero-order valence-corrected chi connectivity index (χ0v) is 15.8. The molecule has 0 heterocycles. The van der Waals surface area contributed by atoms with Crippen molar-refractivity contribution >= 4 is 17.5 Å². The Morgan fingerprint density at radius 1 is 1.12 bits per heavy atom. The van der Waals surface area contributed by atoms with Crippen LogP contribution in [-0.4, -0.2) is 37.0 Å². The number of hydrogen-bond acceptors (Lipinski definition) is 3. The van der Waals surface area contributed by atoms with Crippen LogP contribution in [0, 0.1) is 0 Å². The molecule has 1 saturated carbocycles. The number of nitrogens with one attached hydrogen (secondary N) is 1. The molecule has 0 spiro atoms. The van der Waals surface area contributed by atoms with Gasteiger partial charge in [0.15, 0.2) is 0 Å². The molecule has 1 N–H and O–H groups in total. The van der Waals surface area contributed by atoms with Crippen LogP contribution >= 0.6 is 11.6 Å². The van der Waals surface area contributed by atoms with E-state index in [2.05, 4.69) is 22.3 Å². The van der Waals surface area contributed by atoms with Gasteiger partial charge < -0.3 is 10.1 Å². The summed E-state index contributed by atoms with van der Waals surface area (Å²) in [6.07, 6.45) is 3.16. The molecule has 0 aromatic heterocycles. The van der Waals surface area contributed by atoms with Crippen molar-refractivity contribution in [2.45, 2.75) is 31.8 Å². The van der Waals surface area contributed by atoms with Gasteiger partial charge in [-0.1, -0.05) is 35.9 Å². The highest BCUT2D eigenvalue weighted by molar-refractivity contribution is 6.30. The highest BCUT2D eigenvalue weighted by atomic mass is 35.5. The fraction of sp³-hybridized carbons (Fsp3) is 0.381. The molecule has 3 rings (SSSR count).